The predicted molar refractivity (Wildman–Crippen MR) is 148 cm³/mol. The van der Waals surface area contributed by atoms with Crippen LogP contribution in [-0.2, 0) is 0 Å². The summed E-state index contributed by atoms with van der Waals surface area (Å²) in [5.74, 6) is 1.74. The third-order valence-corrected chi connectivity index (χ3v) is 7.58. The first-order valence-corrected chi connectivity index (χ1v) is 12.4. The van der Waals surface area contributed by atoms with Gasteiger partial charge in [0, 0.05) is 15.4 Å². The Balaban J connectivity index is 1.68. The van der Waals surface area contributed by atoms with E-state index in [4.69, 9.17) is 18.9 Å². The lowest BCUT2D eigenvalue weighted by Gasteiger charge is -2.14. The minimum absolute atomic E-state index is 0.291. The molecule has 7 nitrogen and oxygen atoms in total. The van der Waals surface area contributed by atoms with Crippen molar-refractivity contribution >= 4 is 59.9 Å². The summed E-state index contributed by atoms with van der Waals surface area (Å²) in [6.45, 7) is 3.99. The average molecular weight is 609 g/mol. The molecule has 0 aliphatic heterocycles. The van der Waals surface area contributed by atoms with E-state index in [0.717, 1.165) is 5.39 Å². The third-order valence-electron chi connectivity index (χ3n) is 5.43. The van der Waals surface area contributed by atoms with Crippen LogP contribution in [0.25, 0.3) is 33.5 Å². The third kappa shape index (κ3) is 4.36. The van der Waals surface area contributed by atoms with E-state index in [1.165, 1.54) is 4.68 Å². The summed E-state index contributed by atoms with van der Waals surface area (Å²) < 4.78 is 19.8. The molecule has 0 saturated heterocycles. The van der Waals surface area contributed by atoms with Gasteiger partial charge in [0.15, 0.2) is 17.3 Å². The van der Waals surface area contributed by atoms with Crippen LogP contribution < -0.4 is 15.0 Å². The second-order valence-corrected chi connectivity index (χ2v) is 9.27. The molecule has 0 amide bonds. The first-order valence-electron chi connectivity index (χ1n) is 10.9. The highest BCUT2D eigenvalue weighted by molar-refractivity contribution is 9.13. The second-order valence-electron chi connectivity index (χ2n) is 7.69. The van der Waals surface area contributed by atoms with E-state index in [-0.39, 0.29) is 5.56 Å². The first-order chi connectivity index (χ1) is 17.5. The van der Waals surface area contributed by atoms with Gasteiger partial charge in [-0.25, -0.2) is 4.98 Å². The van der Waals surface area contributed by atoms with Crippen molar-refractivity contribution in [3.63, 3.8) is 0 Å². The van der Waals surface area contributed by atoms with E-state index in [9.17, 15) is 4.79 Å². The summed E-state index contributed by atoms with van der Waals surface area (Å²) >= 11 is 7.14. The quantitative estimate of drug-likeness (QED) is 0.150. The number of furan rings is 1. The molecule has 0 radical (unpaired) electrons. The summed E-state index contributed by atoms with van der Waals surface area (Å²) in [6, 6.07) is 18.4. The van der Waals surface area contributed by atoms with Crippen LogP contribution in [0, 0.1) is 0 Å². The molecule has 0 aliphatic rings. The van der Waals surface area contributed by atoms with E-state index in [2.05, 4.69) is 43.5 Å². The standard InChI is InChI=1S/C27H19Br2N3O4/c1-3-12-35-25-21(34-2)14-17(23(28)24(25)29)15-30-32-26(22-13-16-8-4-7-11-20(16)36-22)31-19-10-6-5-9-18(19)27(32)33/h3-11,13-15H,1,12H2,2H3. The normalized spacial score (nSPS) is 11.4. The molecule has 0 atom stereocenters. The molecule has 0 saturated carbocycles. The highest BCUT2D eigenvalue weighted by Crippen LogP contribution is 2.42. The lowest BCUT2D eigenvalue weighted by atomic mass is 10.2. The molecule has 0 bridgehead atoms. The molecule has 5 rings (SSSR count). The van der Waals surface area contributed by atoms with Crippen molar-refractivity contribution in [3.05, 3.63) is 98.2 Å². The monoisotopic (exact) mass is 607 g/mol. The van der Waals surface area contributed by atoms with Crippen LogP contribution in [0.1, 0.15) is 5.56 Å². The van der Waals surface area contributed by atoms with Crippen molar-refractivity contribution in [2.45, 2.75) is 0 Å². The Labute approximate surface area is 222 Å². The SMILES string of the molecule is C=CCOc1c(OC)cc(C=Nn2c(-c3cc4ccccc4o3)nc3ccccc3c2=O)c(Br)c1Br. The summed E-state index contributed by atoms with van der Waals surface area (Å²) in [4.78, 5) is 18.2. The van der Waals surface area contributed by atoms with Crippen LogP contribution in [0.3, 0.4) is 0 Å². The molecular weight excluding hydrogens is 590 g/mol. The lowest BCUT2D eigenvalue weighted by molar-refractivity contribution is 0.324. The zero-order valence-corrected chi connectivity index (χ0v) is 22.2. The Morgan fingerprint density at radius 1 is 1.11 bits per heavy atom. The highest BCUT2D eigenvalue weighted by atomic mass is 79.9. The van der Waals surface area contributed by atoms with Crippen LogP contribution in [-0.4, -0.2) is 29.6 Å². The molecule has 5 aromatic rings. The number of hydrogen-bond donors (Lipinski definition) is 0. The van der Waals surface area contributed by atoms with Gasteiger partial charge in [-0.1, -0.05) is 43.0 Å². The summed E-state index contributed by atoms with van der Waals surface area (Å²) in [6.07, 6.45) is 3.20. The van der Waals surface area contributed by atoms with Crippen molar-refractivity contribution < 1.29 is 13.9 Å². The maximum absolute atomic E-state index is 13.5. The number of ether oxygens (including phenoxy) is 2. The van der Waals surface area contributed by atoms with Gasteiger partial charge in [-0.2, -0.15) is 9.78 Å². The first kappa shape index (κ1) is 24.0. The minimum Gasteiger partial charge on any atom is -0.493 e. The summed E-state index contributed by atoms with van der Waals surface area (Å²) in [5.41, 5.74) is 1.58. The van der Waals surface area contributed by atoms with Crippen molar-refractivity contribution in [3.8, 4) is 23.1 Å². The van der Waals surface area contributed by atoms with Crippen LogP contribution in [0.2, 0.25) is 0 Å². The highest BCUT2D eigenvalue weighted by Gasteiger charge is 2.18. The van der Waals surface area contributed by atoms with E-state index in [0.29, 0.717) is 60.7 Å². The predicted octanol–water partition coefficient (Wildman–Crippen LogP) is 6.79. The van der Waals surface area contributed by atoms with Crippen LogP contribution in [0.4, 0.5) is 0 Å². The zero-order chi connectivity index (χ0) is 25.2. The molecule has 180 valence electrons. The summed E-state index contributed by atoms with van der Waals surface area (Å²) in [5, 5.41) is 5.88. The van der Waals surface area contributed by atoms with Crippen LogP contribution >= 0.6 is 31.9 Å². The Bertz CT molecular complexity index is 1670. The van der Waals surface area contributed by atoms with Gasteiger partial charge in [0.05, 0.1) is 28.7 Å². The molecule has 2 heterocycles. The number of nitrogens with zero attached hydrogens (tertiary/aromatic N) is 3. The van der Waals surface area contributed by atoms with E-state index < -0.39 is 0 Å². The molecular formula is C27H19Br2N3O4. The van der Waals surface area contributed by atoms with Crippen molar-refractivity contribution in [2.75, 3.05) is 13.7 Å². The van der Waals surface area contributed by atoms with Gasteiger partial charge in [-0.15, -0.1) is 0 Å². The van der Waals surface area contributed by atoms with Crippen molar-refractivity contribution in [2.24, 2.45) is 5.10 Å². The Morgan fingerprint density at radius 3 is 2.67 bits per heavy atom. The fraction of sp³-hybridized carbons (Fsp3) is 0.0741. The van der Waals surface area contributed by atoms with E-state index in [1.54, 1.807) is 43.7 Å². The number of hydrogen-bond acceptors (Lipinski definition) is 6. The van der Waals surface area contributed by atoms with E-state index in [1.807, 2.05) is 36.4 Å². The Morgan fingerprint density at radius 2 is 1.89 bits per heavy atom. The maximum Gasteiger partial charge on any atom is 0.282 e. The topological polar surface area (TPSA) is 78.8 Å². The van der Waals surface area contributed by atoms with Gasteiger partial charge in [0.2, 0.25) is 5.82 Å². The van der Waals surface area contributed by atoms with Gasteiger partial charge in [0.1, 0.15) is 12.2 Å². The molecule has 0 spiro atoms. The Hall–Kier alpha value is -3.69. The fourth-order valence-electron chi connectivity index (χ4n) is 3.73. The smallest absolute Gasteiger partial charge is 0.282 e. The maximum atomic E-state index is 13.5. The molecule has 0 fully saturated rings. The van der Waals surface area contributed by atoms with Gasteiger partial charge >= 0.3 is 0 Å². The second kappa shape index (κ2) is 10.1. The Kier molecular flexibility index (Phi) is 6.75. The number of aromatic nitrogens is 2. The lowest BCUT2D eigenvalue weighted by Crippen LogP contribution is -2.20. The molecule has 0 unspecified atom stereocenters. The summed E-state index contributed by atoms with van der Waals surface area (Å²) in [7, 11) is 1.55. The number of para-hydroxylation sites is 2. The number of fused-ring (bicyclic) bond motifs is 2. The largest absolute Gasteiger partial charge is 0.493 e. The van der Waals surface area contributed by atoms with Gasteiger partial charge in [-0.05, 0) is 62.2 Å². The fourth-order valence-corrected chi connectivity index (χ4v) is 4.67. The molecule has 9 heteroatoms. The number of benzene rings is 3. The zero-order valence-electron chi connectivity index (χ0n) is 19.1. The molecule has 0 N–H and O–H groups in total. The number of halogens is 2. The van der Waals surface area contributed by atoms with Gasteiger partial charge < -0.3 is 13.9 Å². The van der Waals surface area contributed by atoms with Crippen LogP contribution in [0.15, 0.2) is 96.6 Å². The van der Waals surface area contributed by atoms with Gasteiger partial charge in [-0.3, -0.25) is 4.79 Å². The van der Waals surface area contributed by atoms with Gasteiger partial charge in [0.25, 0.3) is 5.56 Å². The molecule has 2 aromatic heterocycles. The van der Waals surface area contributed by atoms with Crippen LogP contribution in [0.5, 0.6) is 11.5 Å². The molecule has 36 heavy (non-hydrogen) atoms. The molecule has 0 aliphatic carbocycles. The molecule has 3 aromatic carbocycles. The van der Waals surface area contributed by atoms with Crippen molar-refractivity contribution in [1.29, 1.82) is 0 Å². The minimum atomic E-state index is -0.319. The average Bonchev–Trinajstić information content (AvgIpc) is 3.34. The number of rotatable bonds is 7. The number of methoxy groups -OCH3 is 1. The van der Waals surface area contributed by atoms with E-state index >= 15 is 0 Å². The van der Waals surface area contributed by atoms with Crippen molar-refractivity contribution in [1.82, 2.24) is 9.66 Å².